The number of carbonyl (C=O) groups is 1. The van der Waals surface area contributed by atoms with E-state index in [-0.39, 0.29) is 10.8 Å². The minimum Gasteiger partial charge on any atom is -0.476 e. The van der Waals surface area contributed by atoms with Crippen LogP contribution in [-0.4, -0.2) is 20.5 Å². The van der Waals surface area contributed by atoms with Crippen molar-refractivity contribution in [2.24, 2.45) is 0 Å². The minimum absolute atomic E-state index is 0.0683. The lowest BCUT2D eigenvalue weighted by Crippen LogP contribution is -1.95. The molecule has 2 heterocycles. The summed E-state index contributed by atoms with van der Waals surface area (Å²) >= 11 is 0.812. The second kappa shape index (κ2) is 2.28. The van der Waals surface area contributed by atoms with Crippen molar-refractivity contribution in [2.45, 2.75) is 0 Å². The summed E-state index contributed by atoms with van der Waals surface area (Å²) in [6.07, 6.45) is 2.47. The number of hydrogen-bond donors (Lipinski definition) is 1. The number of aromatic nitrogens is 2. The van der Waals surface area contributed by atoms with E-state index >= 15 is 0 Å². The first kappa shape index (κ1) is 7.23. The molecule has 1 N–H and O–H groups in total. The third kappa shape index (κ3) is 0.964. The highest BCUT2D eigenvalue weighted by molar-refractivity contribution is 7.15. The van der Waals surface area contributed by atoms with E-state index < -0.39 is 5.97 Å². The van der Waals surface area contributed by atoms with Gasteiger partial charge in [-0.1, -0.05) is 11.3 Å². The molecule has 6 heteroatoms. The fourth-order valence-corrected chi connectivity index (χ4v) is 1.57. The van der Waals surface area contributed by atoms with Gasteiger partial charge in [-0.3, -0.25) is 4.40 Å². The Hall–Kier alpha value is -1.43. The number of fused-ring (bicyclic) bond motifs is 1. The first-order chi connectivity index (χ1) is 5.66. The van der Waals surface area contributed by atoms with Crippen molar-refractivity contribution < 1.29 is 14.3 Å². The lowest BCUT2D eigenvalue weighted by molar-refractivity contribution is 0.0691. The number of rotatable bonds is 1. The van der Waals surface area contributed by atoms with Crippen molar-refractivity contribution in [3.63, 3.8) is 0 Å². The molecule has 12 heavy (non-hydrogen) atoms. The van der Waals surface area contributed by atoms with Crippen LogP contribution >= 0.6 is 11.3 Å². The van der Waals surface area contributed by atoms with Crippen LogP contribution in [0.1, 0.15) is 10.5 Å². The highest BCUT2D eigenvalue weighted by Gasteiger charge is 2.10. The largest absolute Gasteiger partial charge is 0.476 e. The highest BCUT2D eigenvalue weighted by Crippen LogP contribution is 2.15. The molecule has 0 aliphatic rings. The van der Waals surface area contributed by atoms with Gasteiger partial charge in [0.1, 0.15) is 0 Å². The molecule has 0 fully saturated rings. The van der Waals surface area contributed by atoms with Crippen molar-refractivity contribution in [3.8, 4) is 0 Å². The fraction of sp³-hybridized carbons (Fsp3) is 0. The fourth-order valence-electron chi connectivity index (χ4n) is 0.871. The summed E-state index contributed by atoms with van der Waals surface area (Å²) in [6, 6.07) is 0. The second-order valence-electron chi connectivity index (χ2n) is 2.16. The maximum atomic E-state index is 12.5. The summed E-state index contributed by atoms with van der Waals surface area (Å²) < 4.78 is 13.8. The van der Waals surface area contributed by atoms with E-state index in [1.165, 1.54) is 16.8 Å². The number of aromatic carboxylic acids is 1. The molecule has 4 nitrogen and oxygen atoms in total. The van der Waals surface area contributed by atoms with E-state index in [1.54, 1.807) is 0 Å². The second-order valence-corrected chi connectivity index (χ2v) is 3.12. The topological polar surface area (TPSA) is 54.6 Å². The quantitative estimate of drug-likeness (QED) is 0.728. The molecule has 0 aromatic carbocycles. The summed E-state index contributed by atoms with van der Waals surface area (Å²) in [7, 11) is 0. The Bertz CT molecular complexity index is 416. The number of carboxylic acid groups (broad SMARTS) is 1. The van der Waals surface area contributed by atoms with Gasteiger partial charge < -0.3 is 5.11 Å². The van der Waals surface area contributed by atoms with E-state index in [2.05, 4.69) is 4.98 Å². The van der Waals surface area contributed by atoms with Crippen molar-refractivity contribution in [3.05, 3.63) is 23.2 Å². The van der Waals surface area contributed by atoms with Crippen molar-refractivity contribution >= 4 is 22.3 Å². The van der Waals surface area contributed by atoms with Crippen LogP contribution in [0.2, 0.25) is 0 Å². The van der Waals surface area contributed by atoms with Gasteiger partial charge in [-0.05, 0) is 0 Å². The molecule has 2 rings (SSSR count). The summed E-state index contributed by atoms with van der Waals surface area (Å²) in [5.41, 5.74) is -0.0683. The van der Waals surface area contributed by atoms with Crippen LogP contribution in [0.3, 0.4) is 0 Å². The monoisotopic (exact) mass is 186 g/mol. The van der Waals surface area contributed by atoms with Crippen molar-refractivity contribution in [2.75, 3.05) is 0 Å². The van der Waals surface area contributed by atoms with E-state index in [4.69, 9.17) is 5.11 Å². The third-order valence-electron chi connectivity index (χ3n) is 1.35. The predicted molar refractivity (Wildman–Crippen MR) is 40.0 cm³/mol. The first-order valence-corrected chi connectivity index (χ1v) is 3.86. The molecule has 2 aromatic rings. The van der Waals surface area contributed by atoms with Gasteiger partial charge in [0.05, 0.1) is 6.20 Å². The van der Waals surface area contributed by atoms with Crippen LogP contribution in [0.15, 0.2) is 12.4 Å². The maximum absolute atomic E-state index is 12.5. The molecule has 0 unspecified atom stereocenters. The average Bonchev–Trinajstić information content (AvgIpc) is 2.42. The van der Waals surface area contributed by atoms with Crippen LogP contribution < -0.4 is 0 Å². The number of halogens is 1. The van der Waals surface area contributed by atoms with Gasteiger partial charge in [0.15, 0.2) is 15.8 Å². The van der Waals surface area contributed by atoms with E-state index in [0.29, 0.717) is 4.96 Å². The van der Waals surface area contributed by atoms with Gasteiger partial charge in [0.25, 0.3) is 0 Å². The number of imidazole rings is 1. The zero-order valence-electron chi connectivity index (χ0n) is 5.69. The number of thiazole rings is 1. The lowest BCUT2D eigenvalue weighted by Gasteiger charge is -1.79. The molecule has 0 radical (unpaired) electrons. The summed E-state index contributed by atoms with van der Waals surface area (Å²) in [6.45, 7) is 0. The smallest absolute Gasteiger partial charge is 0.356 e. The van der Waals surface area contributed by atoms with Gasteiger partial charge in [-0.25, -0.2) is 9.78 Å². The molecular weight excluding hydrogens is 183 g/mol. The molecule has 0 aliphatic heterocycles. The third-order valence-corrected chi connectivity index (χ3v) is 2.13. The number of carboxylic acids is 1. The first-order valence-electron chi connectivity index (χ1n) is 3.04. The predicted octanol–water partition coefficient (Wildman–Crippen LogP) is 1.23. The minimum atomic E-state index is -1.11. The molecule has 0 bridgehead atoms. The van der Waals surface area contributed by atoms with Crippen LogP contribution in [0.25, 0.3) is 4.96 Å². The Morgan fingerprint density at radius 1 is 1.67 bits per heavy atom. The average molecular weight is 186 g/mol. The standard InChI is InChI=1S/C6H3FN2O2S/c7-4-2-9-1-3(5(10)11)8-6(9)12-4/h1-2H,(H,10,11). The lowest BCUT2D eigenvalue weighted by atomic mass is 10.5. The van der Waals surface area contributed by atoms with Gasteiger partial charge >= 0.3 is 5.97 Å². The van der Waals surface area contributed by atoms with Gasteiger partial charge in [-0.15, -0.1) is 0 Å². The molecule has 0 aliphatic carbocycles. The highest BCUT2D eigenvalue weighted by atomic mass is 32.1. The number of hydrogen-bond acceptors (Lipinski definition) is 3. The number of nitrogens with zero attached hydrogens (tertiary/aromatic N) is 2. The Labute approximate surface area is 69.9 Å². The van der Waals surface area contributed by atoms with Crippen molar-refractivity contribution in [1.82, 2.24) is 9.38 Å². The van der Waals surface area contributed by atoms with Gasteiger partial charge in [0, 0.05) is 6.20 Å². The Balaban J connectivity index is 2.64. The Kier molecular flexibility index (Phi) is 1.37. The summed E-state index contributed by atoms with van der Waals surface area (Å²) in [4.78, 5) is 14.4. The van der Waals surface area contributed by atoms with Crippen LogP contribution in [-0.2, 0) is 0 Å². The molecule has 0 spiro atoms. The molecule has 0 atom stereocenters. The van der Waals surface area contributed by atoms with E-state index in [1.807, 2.05) is 0 Å². The Morgan fingerprint density at radius 2 is 2.42 bits per heavy atom. The van der Waals surface area contributed by atoms with Crippen LogP contribution in [0, 0.1) is 5.13 Å². The van der Waals surface area contributed by atoms with Gasteiger partial charge in [-0.2, -0.15) is 4.39 Å². The SMILES string of the molecule is O=C(O)c1cn2cc(F)sc2n1. The molecule has 2 aromatic heterocycles. The summed E-state index contributed by atoms with van der Waals surface area (Å²) in [5, 5.41) is 8.13. The molecule has 0 amide bonds. The Morgan fingerprint density at radius 3 is 3.00 bits per heavy atom. The van der Waals surface area contributed by atoms with Crippen LogP contribution in [0.5, 0.6) is 0 Å². The molecule has 0 saturated carbocycles. The molecule has 0 saturated heterocycles. The zero-order chi connectivity index (χ0) is 8.72. The van der Waals surface area contributed by atoms with E-state index in [0.717, 1.165) is 11.3 Å². The van der Waals surface area contributed by atoms with E-state index in [9.17, 15) is 9.18 Å². The molecule has 62 valence electrons. The zero-order valence-corrected chi connectivity index (χ0v) is 6.51. The van der Waals surface area contributed by atoms with Crippen molar-refractivity contribution in [1.29, 1.82) is 0 Å². The van der Waals surface area contributed by atoms with Gasteiger partial charge in [0.2, 0.25) is 0 Å². The summed E-state index contributed by atoms with van der Waals surface area (Å²) in [5.74, 6) is -1.11. The van der Waals surface area contributed by atoms with Crippen LogP contribution in [0.4, 0.5) is 4.39 Å². The molecular formula is C6H3FN2O2S. The normalized spacial score (nSPS) is 10.8. The maximum Gasteiger partial charge on any atom is 0.356 e.